The molecule has 1 aromatic carbocycles. The van der Waals surface area contributed by atoms with Gasteiger partial charge in [0.05, 0.1) is 29.9 Å². The van der Waals surface area contributed by atoms with Gasteiger partial charge in [0.2, 0.25) is 0 Å². The Balaban J connectivity index is 2.06. The maximum Gasteiger partial charge on any atom is 0.181 e. The second kappa shape index (κ2) is 7.63. The Morgan fingerprint density at radius 1 is 1.26 bits per heavy atom. The van der Waals surface area contributed by atoms with E-state index >= 15 is 0 Å². The predicted octanol–water partition coefficient (Wildman–Crippen LogP) is 4.31. The average Bonchev–Trinajstić information content (AvgIpc) is 3.27. The maximum absolute atomic E-state index is 6.21. The van der Waals surface area contributed by atoms with Crippen LogP contribution in [0.2, 0.25) is 0 Å². The van der Waals surface area contributed by atoms with Crippen molar-refractivity contribution in [3.05, 3.63) is 72.6 Å². The molecule has 6 nitrogen and oxygen atoms in total. The number of methoxy groups -OCH3 is 1. The summed E-state index contributed by atoms with van der Waals surface area (Å²) in [6, 6.07) is 5.79. The minimum Gasteiger partial charge on any atom is -0.495 e. The Morgan fingerprint density at radius 2 is 2.04 bits per heavy atom. The van der Waals surface area contributed by atoms with Crippen LogP contribution in [0.4, 0.5) is 0 Å². The molecule has 0 atom stereocenters. The summed E-state index contributed by atoms with van der Waals surface area (Å²) < 4.78 is 9.14. The van der Waals surface area contributed by atoms with Crippen molar-refractivity contribution in [2.75, 3.05) is 7.11 Å². The second-order valence-corrected chi connectivity index (χ2v) is 6.27. The molecule has 0 bridgehead atoms. The first-order valence-corrected chi connectivity index (χ1v) is 8.61. The number of ether oxygens (including phenoxy) is 1. The van der Waals surface area contributed by atoms with Gasteiger partial charge in [0, 0.05) is 24.4 Å². The zero-order valence-corrected chi connectivity index (χ0v) is 16.2. The number of halogens is 1. The molecule has 0 aliphatic rings. The molecule has 0 aliphatic carbocycles. The third-order valence-electron chi connectivity index (χ3n) is 4.07. The van der Waals surface area contributed by atoms with Crippen molar-refractivity contribution in [1.82, 2.24) is 24.3 Å². The van der Waals surface area contributed by atoms with E-state index in [0.29, 0.717) is 28.0 Å². The highest BCUT2D eigenvalue weighted by atomic mass is 35.5. The molecule has 0 saturated carbocycles. The Hall–Kier alpha value is -3.12. The van der Waals surface area contributed by atoms with Crippen molar-refractivity contribution < 1.29 is 4.74 Å². The van der Waals surface area contributed by atoms with Crippen LogP contribution < -0.4 is 4.74 Å². The van der Waals surface area contributed by atoms with Crippen LogP contribution in [-0.4, -0.2) is 31.4 Å². The van der Waals surface area contributed by atoms with Gasteiger partial charge in [-0.2, -0.15) is 5.10 Å². The number of benzene rings is 1. The second-order valence-electron chi connectivity index (χ2n) is 5.86. The normalized spacial score (nSPS) is 11.9. The molecule has 3 aromatic rings. The lowest BCUT2D eigenvalue weighted by molar-refractivity contribution is 0.413. The summed E-state index contributed by atoms with van der Waals surface area (Å²) in [7, 11) is 3.44. The number of hydrogen-bond acceptors (Lipinski definition) is 4. The average molecular weight is 382 g/mol. The third kappa shape index (κ3) is 3.57. The van der Waals surface area contributed by atoms with Crippen molar-refractivity contribution in [2.24, 2.45) is 7.05 Å². The summed E-state index contributed by atoms with van der Waals surface area (Å²) in [5, 5.41) is 4.97. The number of imidazole rings is 1. The van der Waals surface area contributed by atoms with Gasteiger partial charge in [0.25, 0.3) is 0 Å². The molecule has 0 N–H and O–H groups in total. The van der Waals surface area contributed by atoms with E-state index in [1.165, 1.54) is 0 Å². The van der Waals surface area contributed by atoms with E-state index in [1.807, 2.05) is 42.9 Å². The van der Waals surface area contributed by atoms with E-state index in [4.69, 9.17) is 16.3 Å². The smallest absolute Gasteiger partial charge is 0.181 e. The first kappa shape index (κ1) is 18.7. The summed E-state index contributed by atoms with van der Waals surface area (Å²) in [6.07, 6.45) is 6.89. The summed E-state index contributed by atoms with van der Waals surface area (Å²) >= 11 is 6.21. The molecular weight excluding hydrogens is 362 g/mol. The first-order valence-electron chi connectivity index (χ1n) is 8.24. The molecule has 2 heterocycles. The van der Waals surface area contributed by atoms with Crippen molar-refractivity contribution >= 4 is 17.2 Å². The fourth-order valence-electron chi connectivity index (χ4n) is 2.73. The van der Waals surface area contributed by atoms with E-state index in [2.05, 4.69) is 28.2 Å². The van der Waals surface area contributed by atoms with Crippen molar-refractivity contribution in [2.45, 2.75) is 6.92 Å². The maximum atomic E-state index is 6.21. The van der Waals surface area contributed by atoms with Gasteiger partial charge < -0.3 is 9.30 Å². The molecule has 138 valence electrons. The van der Waals surface area contributed by atoms with Crippen LogP contribution >= 0.6 is 11.6 Å². The largest absolute Gasteiger partial charge is 0.495 e. The predicted molar refractivity (Wildman–Crippen MR) is 108 cm³/mol. The lowest BCUT2D eigenvalue weighted by atomic mass is 10.1. The highest BCUT2D eigenvalue weighted by Crippen LogP contribution is 2.30. The highest BCUT2D eigenvalue weighted by molar-refractivity contribution is 6.34. The molecule has 0 amide bonds. The summed E-state index contributed by atoms with van der Waals surface area (Å²) in [5.74, 6) is 1.87. The summed E-state index contributed by atoms with van der Waals surface area (Å²) in [6.45, 7) is 9.44. The molecule has 0 saturated heterocycles. The third-order valence-corrected chi connectivity index (χ3v) is 4.43. The number of allylic oxidation sites excluding steroid dienone is 4. The minimum atomic E-state index is 0.468. The zero-order valence-electron chi connectivity index (χ0n) is 15.5. The monoisotopic (exact) mass is 381 g/mol. The van der Waals surface area contributed by atoms with Gasteiger partial charge in [-0.15, -0.1) is 0 Å². The SMILES string of the molecule is C=C/C(Cl)=C(\C=C)c1nc(-c2ccc(-n3cnc(C)c3)c(OC)c2)nn1C. The standard InChI is InChI=1S/C20H20ClN5O/c1-6-15(16(21)7-2)20-23-19(24-25(20)4)14-8-9-17(18(10-14)27-5)26-11-13(3)22-12-26/h6-12H,1-2H2,3-5H3/b16-15-. The van der Waals surface area contributed by atoms with Crippen LogP contribution in [0, 0.1) is 6.92 Å². The minimum absolute atomic E-state index is 0.468. The fourth-order valence-corrected chi connectivity index (χ4v) is 2.89. The van der Waals surface area contributed by atoms with Crippen molar-refractivity contribution in [1.29, 1.82) is 0 Å². The van der Waals surface area contributed by atoms with E-state index in [9.17, 15) is 0 Å². The van der Waals surface area contributed by atoms with E-state index < -0.39 is 0 Å². The van der Waals surface area contributed by atoms with Gasteiger partial charge in [-0.3, -0.25) is 0 Å². The molecule has 3 rings (SSSR count). The molecule has 0 radical (unpaired) electrons. The van der Waals surface area contributed by atoms with Crippen LogP contribution in [0.15, 0.2) is 61.1 Å². The van der Waals surface area contributed by atoms with Gasteiger partial charge in [-0.05, 0) is 31.2 Å². The van der Waals surface area contributed by atoms with E-state index in [1.54, 1.807) is 30.3 Å². The molecule has 7 heteroatoms. The Morgan fingerprint density at radius 3 is 2.63 bits per heavy atom. The zero-order chi connectivity index (χ0) is 19.6. The molecule has 2 aromatic heterocycles. The molecule has 0 unspecified atom stereocenters. The van der Waals surface area contributed by atoms with Gasteiger partial charge in [0.1, 0.15) is 5.75 Å². The van der Waals surface area contributed by atoms with E-state index in [0.717, 1.165) is 16.9 Å². The van der Waals surface area contributed by atoms with Crippen molar-refractivity contribution in [3.63, 3.8) is 0 Å². The number of nitrogens with zero attached hydrogens (tertiary/aromatic N) is 5. The van der Waals surface area contributed by atoms with Gasteiger partial charge in [-0.1, -0.05) is 30.8 Å². The quantitative estimate of drug-likeness (QED) is 0.597. The van der Waals surface area contributed by atoms with E-state index in [-0.39, 0.29) is 0 Å². The molecular formula is C20H20ClN5O. The van der Waals surface area contributed by atoms with Gasteiger partial charge >= 0.3 is 0 Å². The molecule has 0 aliphatic heterocycles. The van der Waals surface area contributed by atoms with Crippen LogP contribution in [-0.2, 0) is 7.05 Å². The Bertz CT molecular complexity index is 1040. The fraction of sp³-hybridized carbons (Fsp3) is 0.150. The highest BCUT2D eigenvalue weighted by Gasteiger charge is 2.15. The Labute approximate surface area is 163 Å². The van der Waals surface area contributed by atoms with Crippen LogP contribution in [0.1, 0.15) is 11.5 Å². The topological polar surface area (TPSA) is 57.8 Å². The first-order chi connectivity index (χ1) is 13.0. The lowest BCUT2D eigenvalue weighted by Crippen LogP contribution is -1.98. The van der Waals surface area contributed by atoms with Crippen LogP contribution in [0.3, 0.4) is 0 Å². The Kier molecular flexibility index (Phi) is 5.28. The number of aromatic nitrogens is 5. The van der Waals surface area contributed by atoms with Gasteiger partial charge in [-0.25, -0.2) is 14.6 Å². The number of aryl methyl sites for hydroxylation is 2. The van der Waals surface area contributed by atoms with Gasteiger partial charge in [0.15, 0.2) is 11.6 Å². The number of hydrogen-bond donors (Lipinski definition) is 0. The summed E-state index contributed by atoms with van der Waals surface area (Å²) in [5.41, 5.74) is 3.32. The molecule has 0 fully saturated rings. The lowest BCUT2D eigenvalue weighted by Gasteiger charge is -2.10. The molecule has 0 spiro atoms. The molecule has 27 heavy (non-hydrogen) atoms. The summed E-state index contributed by atoms with van der Waals surface area (Å²) in [4.78, 5) is 8.88. The van der Waals surface area contributed by atoms with Crippen LogP contribution in [0.5, 0.6) is 5.75 Å². The van der Waals surface area contributed by atoms with Crippen molar-refractivity contribution in [3.8, 4) is 22.8 Å². The van der Waals surface area contributed by atoms with Crippen LogP contribution in [0.25, 0.3) is 22.6 Å². The number of rotatable bonds is 6.